The van der Waals surface area contributed by atoms with Gasteiger partial charge in [-0.25, -0.2) is 0 Å². The third-order valence-electron chi connectivity index (χ3n) is 2.15. The molecule has 3 N–H and O–H groups in total. The first-order chi connectivity index (χ1) is 5.86. The summed E-state index contributed by atoms with van der Waals surface area (Å²) in [5.74, 6) is 1.21. The number of aromatic nitrogens is 3. The summed E-state index contributed by atoms with van der Waals surface area (Å²) in [6.45, 7) is 2.13. The molecular formula is C7H13N5. The molecule has 1 aliphatic rings. The highest BCUT2D eigenvalue weighted by atomic mass is 15.4. The van der Waals surface area contributed by atoms with Gasteiger partial charge in [0, 0.05) is 13.1 Å². The number of rotatable bonds is 1. The second-order valence-electron chi connectivity index (χ2n) is 3.08. The molecule has 0 atom stereocenters. The molecule has 1 aliphatic heterocycles. The number of aromatic amines is 1. The van der Waals surface area contributed by atoms with Crippen molar-refractivity contribution in [2.75, 3.05) is 23.7 Å². The van der Waals surface area contributed by atoms with E-state index in [4.69, 9.17) is 5.73 Å². The molecule has 0 aliphatic carbocycles. The van der Waals surface area contributed by atoms with Crippen LogP contribution in [0.1, 0.15) is 19.3 Å². The van der Waals surface area contributed by atoms with Crippen LogP contribution < -0.4 is 10.6 Å². The SMILES string of the molecule is Nc1nnc(N2CCCCC2)[nH]1. The fraction of sp³-hybridized carbons (Fsp3) is 0.714. The summed E-state index contributed by atoms with van der Waals surface area (Å²) < 4.78 is 0. The van der Waals surface area contributed by atoms with Gasteiger partial charge in [-0.2, -0.15) is 0 Å². The number of H-pyrrole nitrogens is 1. The number of piperidine rings is 1. The summed E-state index contributed by atoms with van der Waals surface area (Å²) in [7, 11) is 0. The molecule has 1 fully saturated rings. The van der Waals surface area contributed by atoms with Crippen molar-refractivity contribution in [1.82, 2.24) is 15.2 Å². The Morgan fingerprint density at radius 3 is 2.50 bits per heavy atom. The van der Waals surface area contributed by atoms with Gasteiger partial charge < -0.3 is 10.6 Å². The molecular weight excluding hydrogens is 154 g/mol. The molecule has 66 valence electrons. The molecule has 0 unspecified atom stereocenters. The van der Waals surface area contributed by atoms with E-state index in [0.717, 1.165) is 19.0 Å². The quantitative estimate of drug-likeness (QED) is 0.634. The molecule has 0 spiro atoms. The van der Waals surface area contributed by atoms with E-state index in [1.807, 2.05) is 0 Å². The Morgan fingerprint density at radius 1 is 1.17 bits per heavy atom. The van der Waals surface area contributed by atoms with Gasteiger partial charge in [0.2, 0.25) is 11.9 Å². The van der Waals surface area contributed by atoms with E-state index in [-0.39, 0.29) is 0 Å². The van der Waals surface area contributed by atoms with E-state index in [2.05, 4.69) is 20.1 Å². The van der Waals surface area contributed by atoms with Gasteiger partial charge in [0.05, 0.1) is 0 Å². The molecule has 2 heterocycles. The molecule has 5 heteroatoms. The molecule has 0 bridgehead atoms. The van der Waals surface area contributed by atoms with Crippen LogP contribution in [0.15, 0.2) is 0 Å². The van der Waals surface area contributed by atoms with Crippen molar-refractivity contribution in [3.8, 4) is 0 Å². The number of nitrogen functional groups attached to an aromatic ring is 1. The maximum Gasteiger partial charge on any atom is 0.226 e. The summed E-state index contributed by atoms with van der Waals surface area (Å²) in [6, 6.07) is 0. The Labute approximate surface area is 71.0 Å². The first kappa shape index (κ1) is 7.39. The predicted molar refractivity (Wildman–Crippen MR) is 46.9 cm³/mol. The maximum absolute atomic E-state index is 5.43. The fourth-order valence-electron chi connectivity index (χ4n) is 1.51. The molecule has 2 rings (SSSR count). The van der Waals surface area contributed by atoms with Crippen LogP contribution in [0.25, 0.3) is 0 Å². The van der Waals surface area contributed by atoms with Crippen LogP contribution >= 0.6 is 0 Å². The van der Waals surface area contributed by atoms with Crippen molar-refractivity contribution < 1.29 is 0 Å². The molecule has 12 heavy (non-hydrogen) atoms. The van der Waals surface area contributed by atoms with Crippen LogP contribution in [-0.2, 0) is 0 Å². The largest absolute Gasteiger partial charge is 0.368 e. The van der Waals surface area contributed by atoms with Crippen LogP contribution in [-0.4, -0.2) is 28.3 Å². The van der Waals surface area contributed by atoms with Crippen LogP contribution in [0, 0.1) is 0 Å². The zero-order chi connectivity index (χ0) is 8.39. The summed E-state index contributed by atoms with van der Waals surface area (Å²) in [6.07, 6.45) is 3.79. The third-order valence-corrected chi connectivity index (χ3v) is 2.15. The molecule has 5 nitrogen and oxygen atoms in total. The van der Waals surface area contributed by atoms with E-state index >= 15 is 0 Å². The Balaban J connectivity index is 2.08. The number of hydrogen-bond acceptors (Lipinski definition) is 4. The van der Waals surface area contributed by atoms with Crippen molar-refractivity contribution >= 4 is 11.9 Å². The number of hydrogen-bond donors (Lipinski definition) is 2. The standard InChI is InChI=1S/C7H13N5/c8-6-9-7(11-10-6)12-4-2-1-3-5-12/h1-5H2,(H3,8,9,10,11). The van der Waals surface area contributed by atoms with Crippen molar-refractivity contribution in [2.24, 2.45) is 0 Å². The van der Waals surface area contributed by atoms with E-state index in [1.165, 1.54) is 19.3 Å². The molecule has 0 radical (unpaired) electrons. The average Bonchev–Trinajstić information content (AvgIpc) is 2.54. The van der Waals surface area contributed by atoms with Crippen molar-refractivity contribution in [3.63, 3.8) is 0 Å². The minimum atomic E-state index is 0.399. The van der Waals surface area contributed by atoms with Crippen LogP contribution in [0.5, 0.6) is 0 Å². The number of nitrogens with zero attached hydrogens (tertiary/aromatic N) is 3. The second-order valence-corrected chi connectivity index (χ2v) is 3.08. The minimum absolute atomic E-state index is 0.399. The first-order valence-electron chi connectivity index (χ1n) is 4.29. The predicted octanol–water partition coefficient (Wildman–Crippen LogP) is 0.377. The van der Waals surface area contributed by atoms with Crippen LogP contribution in [0.4, 0.5) is 11.9 Å². The lowest BCUT2D eigenvalue weighted by Gasteiger charge is -2.25. The van der Waals surface area contributed by atoms with Gasteiger partial charge in [-0.1, -0.05) is 0 Å². The van der Waals surface area contributed by atoms with Gasteiger partial charge in [0.1, 0.15) is 0 Å². The van der Waals surface area contributed by atoms with E-state index < -0.39 is 0 Å². The maximum atomic E-state index is 5.43. The van der Waals surface area contributed by atoms with E-state index in [9.17, 15) is 0 Å². The normalized spacial score (nSPS) is 18.2. The zero-order valence-electron chi connectivity index (χ0n) is 6.95. The molecule has 1 saturated heterocycles. The highest BCUT2D eigenvalue weighted by molar-refractivity contribution is 5.33. The summed E-state index contributed by atoms with van der Waals surface area (Å²) in [4.78, 5) is 5.11. The lowest BCUT2D eigenvalue weighted by molar-refractivity contribution is 0.569. The van der Waals surface area contributed by atoms with Gasteiger partial charge in [-0.3, -0.25) is 4.98 Å². The highest BCUT2D eigenvalue weighted by Crippen LogP contribution is 2.14. The number of anilines is 2. The number of nitrogens with two attached hydrogens (primary N) is 1. The van der Waals surface area contributed by atoms with Gasteiger partial charge in [-0.15, -0.1) is 10.2 Å². The van der Waals surface area contributed by atoms with Crippen molar-refractivity contribution in [3.05, 3.63) is 0 Å². The fourth-order valence-corrected chi connectivity index (χ4v) is 1.51. The molecule has 0 amide bonds. The van der Waals surface area contributed by atoms with Gasteiger partial charge in [0.25, 0.3) is 0 Å². The summed E-state index contributed by atoms with van der Waals surface area (Å²) in [5, 5.41) is 7.66. The van der Waals surface area contributed by atoms with Gasteiger partial charge in [0.15, 0.2) is 0 Å². The van der Waals surface area contributed by atoms with Crippen LogP contribution in [0.2, 0.25) is 0 Å². The molecule has 0 saturated carbocycles. The smallest absolute Gasteiger partial charge is 0.226 e. The van der Waals surface area contributed by atoms with Gasteiger partial charge >= 0.3 is 0 Å². The molecule has 1 aromatic rings. The Bertz CT molecular complexity index is 250. The Morgan fingerprint density at radius 2 is 1.92 bits per heavy atom. The lowest BCUT2D eigenvalue weighted by atomic mass is 10.1. The Hall–Kier alpha value is -1.26. The minimum Gasteiger partial charge on any atom is -0.368 e. The third kappa shape index (κ3) is 1.34. The first-order valence-corrected chi connectivity index (χ1v) is 4.29. The summed E-state index contributed by atoms with van der Waals surface area (Å²) in [5.41, 5.74) is 5.43. The van der Waals surface area contributed by atoms with Crippen molar-refractivity contribution in [2.45, 2.75) is 19.3 Å². The summed E-state index contributed by atoms with van der Waals surface area (Å²) >= 11 is 0. The average molecular weight is 167 g/mol. The second kappa shape index (κ2) is 3.00. The van der Waals surface area contributed by atoms with Crippen molar-refractivity contribution in [1.29, 1.82) is 0 Å². The lowest BCUT2D eigenvalue weighted by Crippen LogP contribution is -2.30. The monoisotopic (exact) mass is 167 g/mol. The van der Waals surface area contributed by atoms with Gasteiger partial charge in [-0.05, 0) is 19.3 Å². The molecule has 0 aromatic carbocycles. The van der Waals surface area contributed by atoms with E-state index in [1.54, 1.807) is 0 Å². The number of nitrogens with one attached hydrogen (secondary N) is 1. The Kier molecular flexibility index (Phi) is 1.85. The van der Waals surface area contributed by atoms with E-state index in [0.29, 0.717) is 5.95 Å². The zero-order valence-corrected chi connectivity index (χ0v) is 6.95. The highest BCUT2D eigenvalue weighted by Gasteiger charge is 2.13. The topological polar surface area (TPSA) is 70.8 Å². The molecule has 1 aromatic heterocycles. The van der Waals surface area contributed by atoms with Crippen LogP contribution in [0.3, 0.4) is 0 Å².